The second-order valence-corrected chi connectivity index (χ2v) is 10.3. The molecule has 3 rings (SSSR count). The number of benzene rings is 3. The molecule has 168 valence electrons. The van der Waals surface area contributed by atoms with Crippen molar-refractivity contribution in [1.29, 1.82) is 0 Å². The van der Waals surface area contributed by atoms with Gasteiger partial charge in [0.1, 0.15) is 0 Å². The number of nitrogens with one attached hydrogen (secondary N) is 1. The largest absolute Gasteiger partial charge is 0.348 e. The first kappa shape index (κ1) is 24.6. The van der Waals surface area contributed by atoms with Gasteiger partial charge in [-0.05, 0) is 48.9 Å². The molecule has 0 aromatic heterocycles. The van der Waals surface area contributed by atoms with E-state index in [9.17, 15) is 13.2 Å². The molecule has 0 fully saturated rings. The van der Waals surface area contributed by atoms with Crippen LogP contribution < -0.4 is 5.32 Å². The van der Waals surface area contributed by atoms with Crippen LogP contribution in [0.15, 0.2) is 77.7 Å². The van der Waals surface area contributed by atoms with Crippen LogP contribution >= 0.6 is 34.8 Å². The van der Waals surface area contributed by atoms with Gasteiger partial charge in [-0.15, -0.1) is 0 Å². The standard InChI is InChI=1S/C23H21Cl3N2O3S/c1-16(17-6-3-2-4-7-17)27-23(29)15-28(14-20-21(25)8-5-9-22(20)26)32(30,31)19-12-10-18(24)11-13-19/h2-13,16H,14-15H2,1H3,(H,27,29)/t16-/m1/s1. The highest BCUT2D eigenvalue weighted by molar-refractivity contribution is 7.89. The van der Waals surface area contributed by atoms with E-state index in [-0.39, 0.29) is 17.5 Å². The molecule has 0 bridgehead atoms. The topological polar surface area (TPSA) is 66.5 Å². The van der Waals surface area contributed by atoms with E-state index in [1.54, 1.807) is 18.2 Å². The van der Waals surface area contributed by atoms with E-state index in [2.05, 4.69) is 5.32 Å². The van der Waals surface area contributed by atoms with Crippen molar-refractivity contribution in [3.05, 3.63) is 99.0 Å². The second-order valence-electron chi connectivity index (χ2n) is 7.13. The van der Waals surface area contributed by atoms with Crippen molar-refractivity contribution in [3.8, 4) is 0 Å². The summed E-state index contributed by atoms with van der Waals surface area (Å²) < 4.78 is 27.8. The van der Waals surface area contributed by atoms with Crippen molar-refractivity contribution in [1.82, 2.24) is 9.62 Å². The highest BCUT2D eigenvalue weighted by Gasteiger charge is 2.28. The van der Waals surface area contributed by atoms with E-state index in [4.69, 9.17) is 34.8 Å². The van der Waals surface area contributed by atoms with Gasteiger partial charge in [0.05, 0.1) is 17.5 Å². The highest BCUT2D eigenvalue weighted by atomic mass is 35.5. The Morgan fingerprint density at radius 2 is 1.50 bits per heavy atom. The van der Waals surface area contributed by atoms with Gasteiger partial charge in [-0.3, -0.25) is 4.79 Å². The first-order valence-corrected chi connectivity index (χ1v) is 12.3. The molecule has 32 heavy (non-hydrogen) atoms. The molecule has 0 spiro atoms. The van der Waals surface area contributed by atoms with Gasteiger partial charge >= 0.3 is 0 Å². The summed E-state index contributed by atoms with van der Waals surface area (Å²) in [6.07, 6.45) is 0. The monoisotopic (exact) mass is 510 g/mol. The van der Waals surface area contributed by atoms with Gasteiger partial charge in [0.2, 0.25) is 15.9 Å². The number of sulfonamides is 1. The Morgan fingerprint density at radius 3 is 2.09 bits per heavy atom. The molecule has 0 aliphatic heterocycles. The fraction of sp³-hybridized carbons (Fsp3) is 0.174. The third-order valence-electron chi connectivity index (χ3n) is 4.84. The molecule has 1 amide bonds. The molecule has 0 saturated heterocycles. The zero-order valence-corrected chi connectivity index (χ0v) is 20.2. The minimum Gasteiger partial charge on any atom is -0.348 e. The molecule has 0 saturated carbocycles. The van der Waals surface area contributed by atoms with Crippen LogP contribution in [-0.2, 0) is 21.4 Å². The Hall–Kier alpha value is -2.09. The number of rotatable bonds is 8. The Labute approximate surface area is 203 Å². The van der Waals surface area contributed by atoms with E-state index in [0.29, 0.717) is 20.6 Å². The van der Waals surface area contributed by atoms with Crippen LogP contribution in [0.2, 0.25) is 15.1 Å². The van der Waals surface area contributed by atoms with E-state index >= 15 is 0 Å². The summed E-state index contributed by atoms with van der Waals surface area (Å²) in [5.41, 5.74) is 1.32. The fourth-order valence-electron chi connectivity index (χ4n) is 3.11. The first-order valence-electron chi connectivity index (χ1n) is 9.71. The van der Waals surface area contributed by atoms with Crippen molar-refractivity contribution in [2.75, 3.05) is 6.54 Å². The number of nitrogens with zero attached hydrogens (tertiary/aromatic N) is 1. The SMILES string of the molecule is C[C@@H](NC(=O)CN(Cc1c(Cl)cccc1Cl)S(=O)(=O)c1ccc(Cl)cc1)c1ccccc1. The van der Waals surface area contributed by atoms with Gasteiger partial charge in [-0.25, -0.2) is 8.42 Å². The maximum Gasteiger partial charge on any atom is 0.243 e. The third-order valence-corrected chi connectivity index (χ3v) is 7.61. The molecule has 0 aliphatic rings. The lowest BCUT2D eigenvalue weighted by Crippen LogP contribution is -2.41. The molecule has 5 nitrogen and oxygen atoms in total. The first-order chi connectivity index (χ1) is 15.2. The molecule has 0 unspecified atom stereocenters. The minimum absolute atomic E-state index is 0.00832. The zero-order chi connectivity index (χ0) is 23.3. The van der Waals surface area contributed by atoms with Crippen molar-refractivity contribution in [3.63, 3.8) is 0 Å². The van der Waals surface area contributed by atoms with Crippen molar-refractivity contribution in [2.45, 2.75) is 24.4 Å². The van der Waals surface area contributed by atoms with Crippen LogP contribution in [0.1, 0.15) is 24.1 Å². The normalized spacial score (nSPS) is 12.5. The lowest BCUT2D eigenvalue weighted by atomic mass is 10.1. The van der Waals surface area contributed by atoms with Crippen LogP contribution in [0.5, 0.6) is 0 Å². The summed E-state index contributed by atoms with van der Waals surface area (Å²) in [7, 11) is -4.05. The Bertz CT molecular complexity index is 1170. The average Bonchev–Trinajstić information content (AvgIpc) is 2.76. The summed E-state index contributed by atoms with van der Waals surface area (Å²) in [4.78, 5) is 12.8. The van der Waals surface area contributed by atoms with Gasteiger partial charge in [-0.2, -0.15) is 4.31 Å². The molecule has 0 aliphatic carbocycles. The minimum atomic E-state index is -4.05. The molecule has 0 heterocycles. The van der Waals surface area contributed by atoms with Gasteiger partial charge in [-0.1, -0.05) is 71.2 Å². The van der Waals surface area contributed by atoms with E-state index in [1.165, 1.54) is 24.3 Å². The lowest BCUT2D eigenvalue weighted by Gasteiger charge is -2.24. The summed E-state index contributed by atoms with van der Waals surface area (Å²) in [5, 5.41) is 3.87. The quantitative estimate of drug-likeness (QED) is 0.421. The molecule has 1 atom stereocenters. The van der Waals surface area contributed by atoms with Crippen molar-refractivity contribution in [2.24, 2.45) is 0 Å². The fourth-order valence-corrected chi connectivity index (χ4v) is 5.12. The second kappa shape index (κ2) is 10.7. The molecule has 1 N–H and O–H groups in total. The van der Waals surface area contributed by atoms with E-state index < -0.39 is 22.5 Å². The van der Waals surface area contributed by atoms with Gasteiger partial charge in [0.25, 0.3) is 0 Å². The van der Waals surface area contributed by atoms with Crippen LogP contribution in [0.3, 0.4) is 0 Å². The van der Waals surface area contributed by atoms with Crippen molar-refractivity contribution < 1.29 is 13.2 Å². The van der Waals surface area contributed by atoms with Crippen LogP contribution in [-0.4, -0.2) is 25.2 Å². The summed E-state index contributed by atoms with van der Waals surface area (Å²) in [5.74, 6) is -0.456. The molecule has 3 aromatic carbocycles. The average molecular weight is 512 g/mol. The predicted molar refractivity (Wildman–Crippen MR) is 129 cm³/mol. The maximum atomic E-state index is 13.4. The van der Waals surface area contributed by atoms with Gasteiger partial charge in [0.15, 0.2) is 0 Å². The maximum absolute atomic E-state index is 13.4. The van der Waals surface area contributed by atoms with E-state index in [1.807, 2.05) is 37.3 Å². The van der Waals surface area contributed by atoms with Crippen LogP contribution in [0.4, 0.5) is 0 Å². The molecule has 9 heteroatoms. The van der Waals surface area contributed by atoms with E-state index in [0.717, 1.165) is 9.87 Å². The predicted octanol–water partition coefficient (Wildman–Crippen LogP) is 5.72. The number of carbonyl (C=O) groups is 1. The van der Waals surface area contributed by atoms with Crippen LogP contribution in [0, 0.1) is 0 Å². The number of amides is 1. The third kappa shape index (κ3) is 6.03. The lowest BCUT2D eigenvalue weighted by molar-refractivity contribution is -0.122. The van der Waals surface area contributed by atoms with Gasteiger partial charge in [0, 0.05) is 27.2 Å². The molecule has 0 radical (unpaired) electrons. The number of hydrogen-bond donors (Lipinski definition) is 1. The summed E-state index contributed by atoms with van der Waals surface area (Å²) in [6.45, 7) is 1.25. The number of hydrogen-bond acceptors (Lipinski definition) is 3. The number of carbonyl (C=O) groups excluding carboxylic acids is 1. The number of halogens is 3. The Balaban J connectivity index is 1.89. The smallest absolute Gasteiger partial charge is 0.243 e. The van der Waals surface area contributed by atoms with Gasteiger partial charge < -0.3 is 5.32 Å². The molecular weight excluding hydrogens is 491 g/mol. The summed E-state index contributed by atoms with van der Waals surface area (Å²) >= 11 is 18.4. The highest BCUT2D eigenvalue weighted by Crippen LogP contribution is 2.28. The van der Waals surface area contributed by atoms with Crippen LogP contribution in [0.25, 0.3) is 0 Å². The van der Waals surface area contributed by atoms with Crippen molar-refractivity contribution >= 4 is 50.7 Å². The Morgan fingerprint density at radius 1 is 0.906 bits per heavy atom. The molecule has 3 aromatic rings. The zero-order valence-electron chi connectivity index (χ0n) is 17.1. The Kier molecular flexibility index (Phi) is 8.20. The molecular formula is C23H21Cl3N2O3S. The summed E-state index contributed by atoms with van der Waals surface area (Å²) in [6, 6.07) is 19.7.